The average Bonchev–Trinajstić information content (AvgIpc) is 2.95. The van der Waals surface area contributed by atoms with Crippen LogP contribution in [0.25, 0.3) is 6.08 Å². The Morgan fingerprint density at radius 3 is 2.76 bits per heavy atom. The number of nitrogens with one attached hydrogen (secondary N) is 1. The maximum atomic E-state index is 12.2. The minimum Gasteiger partial charge on any atom is -0.478 e. The van der Waals surface area contributed by atoms with Crippen molar-refractivity contribution in [1.29, 1.82) is 5.26 Å². The van der Waals surface area contributed by atoms with E-state index in [2.05, 4.69) is 10.3 Å². The standard InChI is InChI=1S/C18H12ClN3O2S/c19-13-5-7-14(8-6-13)21-18-22-17(23)16(25-18)11-12-3-1-2-4-15(12)24-10-9-20/h1-8,11H,10H2,(H,21,22,23)/b16-11-. The largest absolute Gasteiger partial charge is 0.478 e. The Morgan fingerprint density at radius 2 is 2.00 bits per heavy atom. The van der Waals surface area contributed by atoms with E-state index < -0.39 is 0 Å². The van der Waals surface area contributed by atoms with Crippen LogP contribution in [0.15, 0.2) is 58.4 Å². The summed E-state index contributed by atoms with van der Waals surface area (Å²) < 4.78 is 5.38. The molecule has 0 unspecified atom stereocenters. The van der Waals surface area contributed by atoms with E-state index in [1.165, 1.54) is 11.8 Å². The summed E-state index contributed by atoms with van der Waals surface area (Å²) >= 11 is 7.09. The fourth-order valence-electron chi connectivity index (χ4n) is 2.10. The first-order valence-electron chi connectivity index (χ1n) is 7.29. The van der Waals surface area contributed by atoms with Gasteiger partial charge in [0, 0.05) is 10.6 Å². The highest BCUT2D eigenvalue weighted by Gasteiger charge is 2.24. The van der Waals surface area contributed by atoms with Gasteiger partial charge in [-0.1, -0.05) is 29.8 Å². The van der Waals surface area contributed by atoms with Crippen molar-refractivity contribution in [2.24, 2.45) is 4.99 Å². The first-order valence-corrected chi connectivity index (χ1v) is 8.49. The number of thioether (sulfide) groups is 1. The van der Waals surface area contributed by atoms with E-state index in [0.29, 0.717) is 26.5 Å². The molecule has 1 N–H and O–H groups in total. The molecule has 2 aromatic rings. The maximum Gasteiger partial charge on any atom is 0.264 e. The second-order valence-electron chi connectivity index (χ2n) is 4.94. The first kappa shape index (κ1) is 17.1. The van der Waals surface area contributed by atoms with E-state index in [0.717, 1.165) is 5.56 Å². The number of para-hydroxylation sites is 1. The molecule has 0 aromatic heterocycles. The van der Waals surface area contributed by atoms with Crippen LogP contribution in [0.3, 0.4) is 0 Å². The van der Waals surface area contributed by atoms with E-state index >= 15 is 0 Å². The molecule has 3 rings (SSSR count). The molecule has 1 saturated heterocycles. The topological polar surface area (TPSA) is 74.5 Å². The van der Waals surface area contributed by atoms with Crippen LogP contribution in [-0.4, -0.2) is 17.7 Å². The Bertz CT molecular complexity index is 901. The van der Waals surface area contributed by atoms with Crippen LogP contribution in [0.4, 0.5) is 5.69 Å². The van der Waals surface area contributed by atoms with Crippen LogP contribution in [0, 0.1) is 11.3 Å². The van der Waals surface area contributed by atoms with Gasteiger partial charge in [0.25, 0.3) is 5.91 Å². The number of amides is 1. The van der Waals surface area contributed by atoms with Gasteiger partial charge in [-0.15, -0.1) is 0 Å². The molecular weight excluding hydrogens is 358 g/mol. The monoisotopic (exact) mass is 369 g/mol. The molecule has 5 nitrogen and oxygen atoms in total. The summed E-state index contributed by atoms with van der Waals surface area (Å²) in [4.78, 5) is 17.1. The van der Waals surface area contributed by atoms with Crippen molar-refractivity contribution in [1.82, 2.24) is 5.32 Å². The van der Waals surface area contributed by atoms with Crippen LogP contribution in [0.1, 0.15) is 5.56 Å². The normalized spacial score (nSPS) is 16.7. The minimum absolute atomic E-state index is 0.0528. The average molecular weight is 370 g/mol. The van der Waals surface area contributed by atoms with Crippen LogP contribution in [-0.2, 0) is 4.79 Å². The lowest BCUT2D eigenvalue weighted by Crippen LogP contribution is -2.19. The number of carbonyl (C=O) groups is 1. The SMILES string of the molecule is N#CCOc1ccccc1/C=C1\SC(=Nc2ccc(Cl)cc2)NC1=O. The van der Waals surface area contributed by atoms with Crippen molar-refractivity contribution >= 4 is 46.2 Å². The Hall–Kier alpha value is -2.75. The van der Waals surface area contributed by atoms with Crippen LogP contribution >= 0.6 is 23.4 Å². The summed E-state index contributed by atoms with van der Waals surface area (Å²) in [5, 5.41) is 12.5. The molecule has 2 aromatic carbocycles. The molecule has 7 heteroatoms. The number of ether oxygens (including phenoxy) is 1. The van der Waals surface area contributed by atoms with E-state index in [1.807, 2.05) is 24.3 Å². The molecule has 0 spiro atoms. The highest BCUT2D eigenvalue weighted by molar-refractivity contribution is 8.18. The predicted octanol–water partition coefficient (Wildman–Crippen LogP) is 4.13. The van der Waals surface area contributed by atoms with Crippen LogP contribution < -0.4 is 10.1 Å². The Kier molecular flexibility index (Phi) is 5.39. The second kappa shape index (κ2) is 7.88. The van der Waals surface area contributed by atoms with Gasteiger partial charge in [0.05, 0.1) is 10.6 Å². The zero-order valence-corrected chi connectivity index (χ0v) is 14.5. The van der Waals surface area contributed by atoms with E-state index in [1.54, 1.807) is 36.4 Å². The number of carbonyl (C=O) groups excluding carboxylic acids is 1. The van der Waals surface area contributed by atoms with E-state index in [4.69, 9.17) is 21.6 Å². The third-order valence-electron chi connectivity index (χ3n) is 3.21. The van der Waals surface area contributed by atoms with Gasteiger partial charge < -0.3 is 10.1 Å². The maximum absolute atomic E-state index is 12.2. The van der Waals surface area contributed by atoms with Crippen molar-refractivity contribution in [2.45, 2.75) is 0 Å². The molecule has 0 aliphatic carbocycles. The fourth-order valence-corrected chi connectivity index (χ4v) is 3.05. The third-order valence-corrected chi connectivity index (χ3v) is 4.37. The molecule has 1 heterocycles. The summed E-state index contributed by atoms with van der Waals surface area (Å²) in [6.07, 6.45) is 1.72. The van der Waals surface area contributed by atoms with Crippen molar-refractivity contribution in [3.05, 3.63) is 64.0 Å². The van der Waals surface area contributed by atoms with Crippen molar-refractivity contribution in [3.63, 3.8) is 0 Å². The molecule has 1 aliphatic rings. The lowest BCUT2D eigenvalue weighted by molar-refractivity contribution is -0.115. The van der Waals surface area contributed by atoms with Gasteiger partial charge in [-0.3, -0.25) is 4.79 Å². The highest BCUT2D eigenvalue weighted by atomic mass is 35.5. The molecule has 0 atom stereocenters. The van der Waals surface area contributed by atoms with Crippen molar-refractivity contribution in [3.8, 4) is 11.8 Å². The molecule has 1 amide bonds. The minimum atomic E-state index is -0.229. The quantitative estimate of drug-likeness (QED) is 0.822. The third kappa shape index (κ3) is 4.41. The smallest absolute Gasteiger partial charge is 0.264 e. The zero-order valence-electron chi connectivity index (χ0n) is 12.9. The fraction of sp³-hybridized carbons (Fsp3) is 0.0556. The summed E-state index contributed by atoms with van der Waals surface area (Å²) in [6, 6.07) is 16.2. The number of amidine groups is 1. The van der Waals surface area contributed by atoms with Crippen LogP contribution in [0.2, 0.25) is 5.02 Å². The Morgan fingerprint density at radius 1 is 1.24 bits per heavy atom. The van der Waals surface area contributed by atoms with Gasteiger partial charge in [0.15, 0.2) is 11.8 Å². The summed E-state index contributed by atoms with van der Waals surface area (Å²) in [7, 11) is 0. The number of nitriles is 1. The second-order valence-corrected chi connectivity index (χ2v) is 6.41. The zero-order chi connectivity index (χ0) is 17.6. The molecule has 0 radical (unpaired) electrons. The first-order chi connectivity index (χ1) is 12.2. The number of hydrogen-bond acceptors (Lipinski definition) is 5. The lowest BCUT2D eigenvalue weighted by Gasteiger charge is -2.05. The number of rotatable bonds is 4. The number of benzene rings is 2. The highest BCUT2D eigenvalue weighted by Crippen LogP contribution is 2.30. The molecule has 124 valence electrons. The number of hydrogen-bond donors (Lipinski definition) is 1. The van der Waals surface area contributed by atoms with Crippen molar-refractivity contribution < 1.29 is 9.53 Å². The van der Waals surface area contributed by atoms with E-state index in [-0.39, 0.29) is 12.5 Å². The molecule has 1 fully saturated rings. The number of nitrogens with zero attached hydrogens (tertiary/aromatic N) is 2. The number of halogens is 1. The van der Waals surface area contributed by atoms with Crippen molar-refractivity contribution in [2.75, 3.05) is 6.61 Å². The Balaban J connectivity index is 1.82. The van der Waals surface area contributed by atoms with Gasteiger partial charge in [0.2, 0.25) is 0 Å². The summed E-state index contributed by atoms with van der Waals surface area (Å²) in [5.41, 5.74) is 1.43. The summed E-state index contributed by atoms with van der Waals surface area (Å²) in [5.74, 6) is 0.320. The number of aliphatic imine (C=N–C) groups is 1. The lowest BCUT2D eigenvalue weighted by atomic mass is 10.2. The molecule has 0 bridgehead atoms. The van der Waals surface area contributed by atoms with Gasteiger partial charge >= 0.3 is 0 Å². The van der Waals surface area contributed by atoms with Crippen LogP contribution in [0.5, 0.6) is 5.75 Å². The van der Waals surface area contributed by atoms with Gasteiger partial charge in [-0.2, -0.15) is 5.26 Å². The van der Waals surface area contributed by atoms with Gasteiger partial charge in [-0.25, -0.2) is 4.99 Å². The van der Waals surface area contributed by atoms with Gasteiger partial charge in [0.1, 0.15) is 11.8 Å². The Labute approximate surface area is 154 Å². The van der Waals surface area contributed by atoms with Gasteiger partial charge in [-0.05, 0) is 48.2 Å². The van der Waals surface area contributed by atoms with E-state index in [9.17, 15) is 4.79 Å². The molecule has 25 heavy (non-hydrogen) atoms. The predicted molar refractivity (Wildman–Crippen MR) is 99.8 cm³/mol. The molecule has 1 aliphatic heterocycles. The molecular formula is C18H12ClN3O2S. The molecule has 0 saturated carbocycles. The summed E-state index contributed by atoms with van der Waals surface area (Å²) in [6.45, 7) is -0.0528.